The topological polar surface area (TPSA) is 97.4 Å². The van der Waals surface area contributed by atoms with Crippen molar-refractivity contribution < 1.29 is 19.1 Å². The smallest absolute Gasteiger partial charge is 0.339 e. The van der Waals surface area contributed by atoms with E-state index in [1.54, 1.807) is 18.2 Å². The number of rotatable bonds is 5. The van der Waals surface area contributed by atoms with Gasteiger partial charge < -0.3 is 10.1 Å². The van der Waals surface area contributed by atoms with Gasteiger partial charge in [-0.1, -0.05) is 59.1 Å². The first-order valence-electron chi connectivity index (χ1n) is 10.4. The molecule has 164 valence electrons. The number of halogens is 1. The Balaban J connectivity index is 1.47. The van der Waals surface area contributed by atoms with Crippen molar-refractivity contribution in [2.24, 2.45) is 0 Å². The molecule has 0 spiro atoms. The van der Waals surface area contributed by atoms with Gasteiger partial charge in [0.1, 0.15) is 0 Å². The van der Waals surface area contributed by atoms with Crippen LogP contribution in [0.4, 0.5) is 4.79 Å². The summed E-state index contributed by atoms with van der Waals surface area (Å²) in [5, 5.41) is 5.59. The normalized spacial score (nSPS) is 13.7. The number of amides is 3. The molecule has 0 atom stereocenters. The summed E-state index contributed by atoms with van der Waals surface area (Å²) in [5.41, 5.74) is 2.40. The summed E-state index contributed by atoms with van der Waals surface area (Å²) in [6, 6.07) is 16.0. The van der Waals surface area contributed by atoms with Gasteiger partial charge in [-0.3, -0.25) is 10.1 Å². The molecule has 1 saturated carbocycles. The Labute approximate surface area is 193 Å². The van der Waals surface area contributed by atoms with Gasteiger partial charge in [0.15, 0.2) is 6.61 Å². The maximum Gasteiger partial charge on any atom is 0.339 e. The fourth-order valence-corrected chi connectivity index (χ4v) is 4.04. The molecule has 0 saturated heterocycles. The van der Waals surface area contributed by atoms with E-state index in [0.29, 0.717) is 22.2 Å². The molecule has 8 heteroatoms. The number of esters is 1. The second-order valence-corrected chi connectivity index (χ2v) is 8.57. The summed E-state index contributed by atoms with van der Waals surface area (Å²) in [6.07, 6.45) is 3.95. The zero-order valence-electron chi connectivity index (χ0n) is 17.3. The maximum atomic E-state index is 12.8. The fourth-order valence-electron chi connectivity index (χ4n) is 3.78. The van der Waals surface area contributed by atoms with Crippen molar-refractivity contribution in [3.63, 3.8) is 0 Å². The van der Waals surface area contributed by atoms with Crippen molar-refractivity contribution in [2.45, 2.75) is 31.7 Å². The molecule has 0 bridgehead atoms. The molecular formula is C24H22BrN3O4. The molecule has 32 heavy (non-hydrogen) atoms. The van der Waals surface area contributed by atoms with Crippen molar-refractivity contribution in [3.8, 4) is 11.3 Å². The van der Waals surface area contributed by atoms with Crippen molar-refractivity contribution in [2.75, 3.05) is 6.61 Å². The maximum absolute atomic E-state index is 12.8. The second-order valence-electron chi connectivity index (χ2n) is 7.66. The van der Waals surface area contributed by atoms with Crippen molar-refractivity contribution in [3.05, 3.63) is 64.6 Å². The number of carbonyl (C=O) groups excluding carboxylic acids is 3. The number of ether oxygens (including phenoxy) is 1. The van der Waals surface area contributed by atoms with Gasteiger partial charge in [-0.15, -0.1) is 0 Å². The molecule has 3 amide bonds. The first kappa shape index (κ1) is 22.0. The van der Waals surface area contributed by atoms with E-state index in [4.69, 9.17) is 4.74 Å². The molecule has 4 rings (SSSR count). The van der Waals surface area contributed by atoms with Crippen LogP contribution >= 0.6 is 15.9 Å². The van der Waals surface area contributed by atoms with Crippen LogP contribution in [0, 0.1) is 0 Å². The van der Waals surface area contributed by atoms with Gasteiger partial charge in [0.25, 0.3) is 5.91 Å². The van der Waals surface area contributed by atoms with Gasteiger partial charge >= 0.3 is 12.0 Å². The number of fused-ring (bicyclic) bond motifs is 1. The average Bonchev–Trinajstić information content (AvgIpc) is 3.30. The number of nitrogens with zero attached hydrogens (tertiary/aromatic N) is 1. The summed E-state index contributed by atoms with van der Waals surface area (Å²) >= 11 is 3.41. The number of hydrogen-bond acceptors (Lipinski definition) is 5. The van der Waals surface area contributed by atoms with Crippen LogP contribution in [0.5, 0.6) is 0 Å². The number of pyridine rings is 1. The van der Waals surface area contributed by atoms with Crippen LogP contribution in [-0.2, 0) is 9.53 Å². The molecule has 1 aliphatic rings. The highest BCUT2D eigenvalue weighted by Gasteiger charge is 2.20. The number of benzene rings is 2. The third-order valence-electron chi connectivity index (χ3n) is 5.35. The Kier molecular flexibility index (Phi) is 6.80. The lowest BCUT2D eigenvalue weighted by atomic mass is 10.0. The summed E-state index contributed by atoms with van der Waals surface area (Å²) in [4.78, 5) is 41.5. The van der Waals surface area contributed by atoms with Gasteiger partial charge in [-0.2, -0.15) is 0 Å². The Morgan fingerprint density at radius 2 is 1.75 bits per heavy atom. The van der Waals surface area contributed by atoms with Crippen LogP contribution in [-0.4, -0.2) is 35.5 Å². The molecule has 2 aromatic carbocycles. The van der Waals surface area contributed by atoms with Crippen molar-refractivity contribution >= 4 is 44.7 Å². The van der Waals surface area contributed by atoms with E-state index >= 15 is 0 Å². The molecule has 0 aliphatic heterocycles. The largest absolute Gasteiger partial charge is 0.452 e. The van der Waals surface area contributed by atoms with Gasteiger partial charge in [-0.05, 0) is 37.1 Å². The average molecular weight is 496 g/mol. The number of aromatic nitrogens is 1. The molecule has 1 heterocycles. The molecule has 3 aromatic rings. The number of nitrogens with one attached hydrogen (secondary N) is 2. The highest BCUT2D eigenvalue weighted by atomic mass is 79.9. The zero-order valence-corrected chi connectivity index (χ0v) is 18.9. The third-order valence-corrected chi connectivity index (χ3v) is 5.88. The van der Waals surface area contributed by atoms with E-state index in [9.17, 15) is 14.4 Å². The molecule has 1 aliphatic carbocycles. The minimum Gasteiger partial charge on any atom is -0.452 e. The Bertz CT molecular complexity index is 1160. The van der Waals surface area contributed by atoms with E-state index in [1.165, 1.54) is 0 Å². The lowest BCUT2D eigenvalue weighted by Crippen LogP contribution is -2.45. The summed E-state index contributed by atoms with van der Waals surface area (Å²) in [6.45, 7) is -0.554. The standard InChI is InChI=1S/C24H22BrN3O4/c25-16-11-9-15(10-12-16)21-13-19(18-7-3-4-8-20(18)27-21)23(30)32-14-22(29)28-24(31)26-17-5-1-2-6-17/h3-4,7-13,17H,1-2,5-6,14H2,(H2,26,28,29,31). The van der Waals surface area contributed by atoms with E-state index in [1.807, 2.05) is 36.4 Å². The molecular weight excluding hydrogens is 474 g/mol. The molecule has 2 N–H and O–H groups in total. The minimum atomic E-state index is -0.680. The second kappa shape index (κ2) is 9.91. The van der Waals surface area contributed by atoms with E-state index in [2.05, 4.69) is 31.5 Å². The van der Waals surface area contributed by atoms with Crippen LogP contribution in [0.15, 0.2) is 59.1 Å². The Morgan fingerprint density at radius 1 is 1.03 bits per heavy atom. The predicted molar refractivity (Wildman–Crippen MR) is 124 cm³/mol. The van der Waals surface area contributed by atoms with E-state index in [-0.39, 0.29) is 6.04 Å². The van der Waals surface area contributed by atoms with Crippen LogP contribution in [0.2, 0.25) is 0 Å². The number of para-hydroxylation sites is 1. The zero-order chi connectivity index (χ0) is 22.5. The molecule has 7 nitrogen and oxygen atoms in total. The van der Waals surface area contributed by atoms with Gasteiger partial charge in [0.05, 0.1) is 16.8 Å². The highest BCUT2D eigenvalue weighted by Crippen LogP contribution is 2.26. The molecule has 0 radical (unpaired) electrons. The summed E-state index contributed by atoms with van der Waals surface area (Å²) in [5.74, 6) is -1.34. The van der Waals surface area contributed by atoms with Crippen LogP contribution in [0.3, 0.4) is 0 Å². The highest BCUT2D eigenvalue weighted by molar-refractivity contribution is 9.10. The number of hydrogen-bond donors (Lipinski definition) is 2. The lowest BCUT2D eigenvalue weighted by molar-refractivity contribution is -0.123. The van der Waals surface area contributed by atoms with Crippen LogP contribution in [0.1, 0.15) is 36.0 Å². The summed E-state index contributed by atoms with van der Waals surface area (Å²) < 4.78 is 6.15. The van der Waals surface area contributed by atoms with E-state index in [0.717, 1.165) is 35.7 Å². The number of urea groups is 1. The molecule has 1 fully saturated rings. The van der Waals surface area contributed by atoms with E-state index < -0.39 is 24.5 Å². The number of carbonyl (C=O) groups is 3. The van der Waals surface area contributed by atoms with Crippen LogP contribution < -0.4 is 10.6 Å². The molecule has 0 unspecified atom stereocenters. The fraction of sp³-hybridized carbons (Fsp3) is 0.250. The van der Waals surface area contributed by atoms with Gasteiger partial charge in [-0.25, -0.2) is 14.6 Å². The Hall–Kier alpha value is -3.26. The predicted octanol–water partition coefficient (Wildman–Crippen LogP) is 4.59. The Morgan fingerprint density at radius 3 is 2.50 bits per heavy atom. The van der Waals surface area contributed by atoms with Crippen molar-refractivity contribution in [1.82, 2.24) is 15.6 Å². The SMILES string of the molecule is O=C(COC(=O)c1cc(-c2ccc(Br)cc2)nc2ccccc12)NC(=O)NC1CCCC1. The van der Waals surface area contributed by atoms with Crippen molar-refractivity contribution in [1.29, 1.82) is 0 Å². The quantitative estimate of drug-likeness (QED) is 0.504. The monoisotopic (exact) mass is 495 g/mol. The van der Waals surface area contributed by atoms with Gasteiger partial charge in [0, 0.05) is 21.5 Å². The minimum absolute atomic E-state index is 0.0885. The first-order valence-corrected chi connectivity index (χ1v) is 11.2. The first-order chi connectivity index (χ1) is 15.5. The van der Waals surface area contributed by atoms with Gasteiger partial charge in [0.2, 0.25) is 0 Å². The number of imide groups is 1. The summed E-state index contributed by atoms with van der Waals surface area (Å²) in [7, 11) is 0. The lowest BCUT2D eigenvalue weighted by Gasteiger charge is -2.13. The molecule has 1 aromatic heterocycles. The van der Waals surface area contributed by atoms with Crippen LogP contribution in [0.25, 0.3) is 22.2 Å². The third kappa shape index (κ3) is 5.31.